The van der Waals surface area contributed by atoms with Gasteiger partial charge < -0.3 is 26.0 Å². The van der Waals surface area contributed by atoms with Gasteiger partial charge in [-0.1, -0.05) is 20.8 Å². The molecule has 4 fully saturated rings. The predicted molar refractivity (Wildman–Crippen MR) is 139 cm³/mol. The lowest BCUT2D eigenvalue weighted by Gasteiger charge is -2.63. The predicted octanol–water partition coefficient (Wildman–Crippen LogP) is 3.00. The van der Waals surface area contributed by atoms with Gasteiger partial charge in [0.1, 0.15) is 0 Å². The summed E-state index contributed by atoms with van der Waals surface area (Å²) in [5.41, 5.74) is -0.179. The van der Waals surface area contributed by atoms with Crippen LogP contribution in [-0.4, -0.2) is 58.0 Å². The molecule has 0 aromatic heterocycles. The molecule has 5 N–H and O–H groups in total. The van der Waals surface area contributed by atoms with E-state index in [1.165, 1.54) is 0 Å². The van der Waals surface area contributed by atoms with Crippen LogP contribution in [0, 0.1) is 46.3 Å². The van der Waals surface area contributed by atoms with Crippen molar-refractivity contribution < 1.29 is 24.9 Å². The van der Waals surface area contributed by atoms with Crippen LogP contribution in [0.2, 0.25) is 0 Å². The highest BCUT2D eigenvalue weighted by Crippen LogP contribution is 2.68. The second-order valence-corrected chi connectivity index (χ2v) is 13.5. The summed E-state index contributed by atoms with van der Waals surface area (Å²) in [4.78, 5) is 24.2. The minimum atomic E-state index is -0.415. The number of rotatable bonds is 7. The number of aliphatic hydroxyl groups excluding tert-OH is 3. The van der Waals surface area contributed by atoms with Gasteiger partial charge in [0.25, 0.3) is 0 Å². The van der Waals surface area contributed by atoms with Gasteiger partial charge in [-0.2, -0.15) is 0 Å². The molecule has 36 heavy (non-hydrogen) atoms. The van der Waals surface area contributed by atoms with Crippen molar-refractivity contribution in [1.82, 2.24) is 10.6 Å². The van der Waals surface area contributed by atoms with Crippen LogP contribution >= 0.6 is 0 Å². The number of nitrogens with one attached hydrogen (secondary N) is 2. The Hall–Kier alpha value is -1.18. The number of fused-ring (bicyclic) bond motifs is 5. The fourth-order valence-electron chi connectivity index (χ4n) is 9.33. The van der Waals surface area contributed by atoms with Crippen molar-refractivity contribution in [2.24, 2.45) is 46.3 Å². The number of aliphatic hydroxyl groups is 3. The SMILES string of the molecule is CC(C)NC(=O)CNC(=O)CC[C@H](C)[C@@H]1CC[C@@H]2[C@@H]3[C@@H](C[C@@H](O)[C@]21C)[C@]1(C)CC[C@H](O)C[C@@H]1C[C@@H]3O. The summed E-state index contributed by atoms with van der Waals surface area (Å²) in [5.74, 6) is 1.41. The van der Waals surface area contributed by atoms with Gasteiger partial charge in [0.2, 0.25) is 11.8 Å². The molecule has 0 saturated heterocycles. The van der Waals surface area contributed by atoms with E-state index in [1.54, 1.807) is 0 Å². The Morgan fingerprint density at radius 3 is 2.36 bits per heavy atom. The summed E-state index contributed by atoms with van der Waals surface area (Å²) in [7, 11) is 0. The lowest BCUT2D eigenvalue weighted by Crippen LogP contribution is -2.62. The van der Waals surface area contributed by atoms with E-state index in [9.17, 15) is 24.9 Å². The second-order valence-electron chi connectivity index (χ2n) is 13.5. The number of carbonyl (C=O) groups excluding carboxylic acids is 2. The van der Waals surface area contributed by atoms with Crippen LogP contribution in [0.1, 0.15) is 92.4 Å². The van der Waals surface area contributed by atoms with Gasteiger partial charge in [-0.25, -0.2) is 0 Å². The first kappa shape index (κ1) is 27.8. The molecule has 0 aromatic carbocycles. The Kier molecular flexibility index (Phi) is 8.14. The maximum Gasteiger partial charge on any atom is 0.239 e. The zero-order chi connectivity index (χ0) is 26.4. The second kappa shape index (κ2) is 10.5. The zero-order valence-corrected chi connectivity index (χ0v) is 23.0. The maximum absolute atomic E-state index is 12.4. The van der Waals surface area contributed by atoms with Crippen LogP contribution in [0.4, 0.5) is 0 Å². The Morgan fingerprint density at radius 2 is 1.67 bits per heavy atom. The van der Waals surface area contributed by atoms with E-state index in [0.29, 0.717) is 24.2 Å². The lowest BCUT2D eigenvalue weighted by molar-refractivity contribution is -0.207. The Bertz CT molecular complexity index is 819. The van der Waals surface area contributed by atoms with Crippen LogP contribution in [0.3, 0.4) is 0 Å². The minimum Gasteiger partial charge on any atom is -0.393 e. The van der Waals surface area contributed by atoms with Crippen molar-refractivity contribution in [1.29, 1.82) is 0 Å². The highest BCUT2D eigenvalue weighted by molar-refractivity contribution is 5.84. The van der Waals surface area contributed by atoms with Gasteiger partial charge in [0.15, 0.2) is 0 Å². The number of carbonyl (C=O) groups is 2. The molecule has 0 radical (unpaired) electrons. The van der Waals surface area contributed by atoms with Gasteiger partial charge in [0.05, 0.1) is 24.9 Å². The smallest absolute Gasteiger partial charge is 0.239 e. The van der Waals surface area contributed by atoms with Gasteiger partial charge >= 0.3 is 0 Å². The van der Waals surface area contributed by atoms with Gasteiger partial charge in [-0.15, -0.1) is 0 Å². The summed E-state index contributed by atoms with van der Waals surface area (Å²) < 4.78 is 0. The van der Waals surface area contributed by atoms with Crippen LogP contribution < -0.4 is 10.6 Å². The molecular formula is C29H50N2O5. The molecule has 2 amide bonds. The number of hydrogen-bond acceptors (Lipinski definition) is 5. The van der Waals surface area contributed by atoms with Gasteiger partial charge in [-0.05, 0) is 112 Å². The number of amides is 2. The van der Waals surface area contributed by atoms with Crippen molar-refractivity contribution in [3.8, 4) is 0 Å². The largest absolute Gasteiger partial charge is 0.393 e. The molecule has 0 aromatic rings. The fourth-order valence-corrected chi connectivity index (χ4v) is 9.33. The van der Waals surface area contributed by atoms with E-state index in [-0.39, 0.29) is 65.2 Å². The van der Waals surface area contributed by atoms with E-state index in [0.717, 1.165) is 51.4 Å². The zero-order valence-electron chi connectivity index (χ0n) is 23.0. The fraction of sp³-hybridized carbons (Fsp3) is 0.931. The summed E-state index contributed by atoms with van der Waals surface area (Å²) in [5, 5.41) is 38.9. The standard InChI is InChI=1S/C29H50N2O5/c1-16(2)31-26(36)15-30-25(35)9-6-17(3)20-7-8-21-27-22(14-24(34)29(20,21)5)28(4)11-10-19(32)12-18(28)13-23(27)33/h16-24,27,32-34H,6-15H2,1-5H3,(H,30,35)(H,31,36)/t17-,18+,19-,20-,21+,22+,23-,24+,27+,28+,29-/m0/s1. The molecule has 7 nitrogen and oxygen atoms in total. The van der Waals surface area contributed by atoms with Crippen molar-refractivity contribution in [3.05, 3.63) is 0 Å². The molecule has 0 unspecified atom stereocenters. The maximum atomic E-state index is 12.4. The first-order chi connectivity index (χ1) is 16.9. The molecule has 4 aliphatic rings. The molecule has 4 aliphatic carbocycles. The normalized spacial score (nSPS) is 44.8. The van der Waals surface area contributed by atoms with E-state index in [2.05, 4.69) is 31.4 Å². The van der Waals surface area contributed by atoms with Gasteiger partial charge in [0, 0.05) is 12.5 Å². The van der Waals surface area contributed by atoms with Crippen molar-refractivity contribution in [2.45, 2.75) is 117 Å². The number of hydrogen-bond donors (Lipinski definition) is 5. The quantitative estimate of drug-likeness (QED) is 0.364. The average molecular weight is 507 g/mol. The van der Waals surface area contributed by atoms with Crippen LogP contribution in [0.25, 0.3) is 0 Å². The van der Waals surface area contributed by atoms with Crippen LogP contribution in [0.15, 0.2) is 0 Å². The Labute approximate surface area is 217 Å². The first-order valence-electron chi connectivity index (χ1n) is 14.5. The summed E-state index contributed by atoms with van der Waals surface area (Å²) >= 11 is 0. The van der Waals surface area contributed by atoms with E-state index < -0.39 is 6.10 Å². The first-order valence-corrected chi connectivity index (χ1v) is 14.5. The molecule has 0 spiro atoms. The topological polar surface area (TPSA) is 119 Å². The third-order valence-electron chi connectivity index (χ3n) is 11.2. The third kappa shape index (κ3) is 4.96. The molecule has 0 aliphatic heterocycles. The molecule has 0 bridgehead atoms. The Morgan fingerprint density at radius 1 is 0.944 bits per heavy atom. The molecule has 7 heteroatoms. The van der Waals surface area contributed by atoms with E-state index >= 15 is 0 Å². The van der Waals surface area contributed by atoms with E-state index in [1.807, 2.05) is 13.8 Å². The highest BCUT2D eigenvalue weighted by atomic mass is 16.3. The molecule has 4 saturated carbocycles. The van der Waals surface area contributed by atoms with Crippen LogP contribution in [-0.2, 0) is 9.59 Å². The molecular weight excluding hydrogens is 456 g/mol. The molecule has 4 rings (SSSR count). The minimum absolute atomic E-state index is 0.00503. The molecule has 0 heterocycles. The summed E-state index contributed by atoms with van der Waals surface area (Å²) in [6.07, 6.45) is 6.17. The van der Waals surface area contributed by atoms with Crippen LogP contribution in [0.5, 0.6) is 0 Å². The monoisotopic (exact) mass is 506 g/mol. The highest BCUT2D eigenvalue weighted by Gasteiger charge is 2.65. The molecule has 206 valence electrons. The summed E-state index contributed by atoms with van der Waals surface area (Å²) in [6.45, 7) is 10.6. The lowest BCUT2D eigenvalue weighted by atomic mass is 9.43. The molecule has 11 atom stereocenters. The third-order valence-corrected chi connectivity index (χ3v) is 11.2. The Balaban J connectivity index is 1.41. The van der Waals surface area contributed by atoms with Gasteiger partial charge in [-0.3, -0.25) is 9.59 Å². The summed E-state index contributed by atoms with van der Waals surface area (Å²) in [6, 6.07) is 0.0489. The van der Waals surface area contributed by atoms with E-state index in [4.69, 9.17) is 0 Å². The van der Waals surface area contributed by atoms with Crippen molar-refractivity contribution >= 4 is 11.8 Å². The van der Waals surface area contributed by atoms with Crippen molar-refractivity contribution in [3.63, 3.8) is 0 Å². The van der Waals surface area contributed by atoms with Crippen molar-refractivity contribution in [2.75, 3.05) is 6.54 Å². The average Bonchev–Trinajstić information content (AvgIpc) is 3.16.